The van der Waals surface area contributed by atoms with Gasteiger partial charge in [0.05, 0.1) is 0 Å². The summed E-state index contributed by atoms with van der Waals surface area (Å²) in [7, 11) is -4.26. The summed E-state index contributed by atoms with van der Waals surface area (Å²) in [5.74, 6) is -1.23. The Bertz CT molecular complexity index is 750. The van der Waals surface area contributed by atoms with Crippen LogP contribution in [0.5, 0.6) is 0 Å². The van der Waals surface area contributed by atoms with Gasteiger partial charge in [0.2, 0.25) is 10.0 Å². The maximum atomic E-state index is 14.4. The molecular weight excluding hydrogens is 320 g/mol. The lowest BCUT2D eigenvalue weighted by atomic mass is 9.81. The molecule has 2 aliphatic rings. The molecule has 0 atom stereocenters. The van der Waals surface area contributed by atoms with Crippen LogP contribution in [0.25, 0.3) is 5.57 Å². The molecule has 1 aromatic rings. The monoisotopic (exact) mass is 341 g/mol. The summed E-state index contributed by atoms with van der Waals surface area (Å²) in [6.07, 6.45) is 8.42. The van der Waals surface area contributed by atoms with Gasteiger partial charge in [0.15, 0.2) is 0 Å². The molecule has 0 aromatic heterocycles. The van der Waals surface area contributed by atoms with Crippen molar-refractivity contribution in [1.82, 2.24) is 0 Å². The van der Waals surface area contributed by atoms with Gasteiger partial charge in [0.25, 0.3) is 0 Å². The first kappa shape index (κ1) is 16.6. The van der Waals surface area contributed by atoms with E-state index in [0.717, 1.165) is 43.7 Å². The van der Waals surface area contributed by atoms with Crippen molar-refractivity contribution in [3.8, 4) is 0 Å². The summed E-state index contributed by atoms with van der Waals surface area (Å²) in [5.41, 5.74) is 2.31. The second-order valence-electron chi connectivity index (χ2n) is 6.50. The normalized spacial score (nSPS) is 20.3. The van der Waals surface area contributed by atoms with Gasteiger partial charge in [-0.2, -0.15) is 0 Å². The summed E-state index contributed by atoms with van der Waals surface area (Å²) in [6.45, 7) is 0. The zero-order valence-corrected chi connectivity index (χ0v) is 13.8. The van der Waals surface area contributed by atoms with Gasteiger partial charge in [-0.3, -0.25) is 0 Å². The molecule has 1 saturated carbocycles. The Morgan fingerprint density at radius 2 is 1.65 bits per heavy atom. The first-order valence-electron chi connectivity index (χ1n) is 8.12. The Balaban J connectivity index is 2.05. The Kier molecular flexibility index (Phi) is 4.56. The van der Waals surface area contributed by atoms with Crippen LogP contribution in [0, 0.1) is 17.6 Å². The average Bonchev–Trinajstić information content (AvgIpc) is 2.98. The van der Waals surface area contributed by atoms with Crippen LogP contribution in [0.4, 0.5) is 8.78 Å². The third kappa shape index (κ3) is 3.33. The SMILES string of the molecule is NS(=O)(=O)c1cc(F)c(C2=C(C3CCCCC3)CCC2)cc1F. The van der Waals surface area contributed by atoms with E-state index in [4.69, 9.17) is 5.14 Å². The Morgan fingerprint density at radius 3 is 2.30 bits per heavy atom. The second-order valence-corrected chi connectivity index (χ2v) is 8.03. The van der Waals surface area contributed by atoms with Crippen molar-refractivity contribution in [2.75, 3.05) is 0 Å². The number of sulfonamides is 1. The number of hydrogen-bond donors (Lipinski definition) is 1. The number of nitrogens with two attached hydrogens (primary N) is 1. The number of hydrogen-bond acceptors (Lipinski definition) is 2. The molecule has 3 rings (SSSR count). The van der Waals surface area contributed by atoms with Crippen LogP contribution >= 0.6 is 0 Å². The minimum atomic E-state index is -4.26. The van der Waals surface area contributed by atoms with E-state index in [-0.39, 0.29) is 5.56 Å². The fourth-order valence-corrected chi connectivity index (χ4v) is 4.55. The molecule has 0 aliphatic heterocycles. The van der Waals surface area contributed by atoms with Gasteiger partial charge in [0, 0.05) is 5.56 Å². The largest absolute Gasteiger partial charge is 0.241 e. The Morgan fingerprint density at radius 1 is 0.957 bits per heavy atom. The van der Waals surface area contributed by atoms with E-state index in [9.17, 15) is 17.2 Å². The van der Waals surface area contributed by atoms with E-state index in [1.54, 1.807) is 0 Å². The number of primary sulfonamides is 1. The summed E-state index contributed by atoms with van der Waals surface area (Å²) in [4.78, 5) is -0.781. The van der Waals surface area contributed by atoms with Crippen molar-refractivity contribution in [2.24, 2.45) is 11.1 Å². The van der Waals surface area contributed by atoms with Gasteiger partial charge in [0.1, 0.15) is 16.5 Å². The van der Waals surface area contributed by atoms with Crippen LogP contribution in [-0.4, -0.2) is 8.42 Å². The van der Waals surface area contributed by atoms with Gasteiger partial charge in [-0.1, -0.05) is 24.8 Å². The highest BCUT2D eigenvalue weighted by molar-refractivity contribution is 7.89. The fourth-order valence-electron chi connectivity index (χ4n) is 3.95. The molecule has 0 radical (unpaired) electrons. The van der Waals surface area contributed by atoms with Gasteiger partial charge in [-0.05, 0) is 55.7 Å². The van der Waals surface area contributed by atoms with Crippen LogP contribution in [0.2, 0.25) is 0 Å². The minimum Gasteiger partial charge on any atom is -0.225 e. The molecule has 0 spiro atoms. The first-order valence-corrected chi connectivity index (χ1v) is 9.66. The van der Waals surface area contributed by atoms with E-state index < -0.39 is 26.6 Å². The zero-order chi connectivity index (χ0) is 16.6. The predicted molar refractivity (Wildman–Crippen MR) is 85.1 cm³/mol. The van der Waals surface area contributed by atoms with E-state index in [2.05, 4.69) is 0 Å². The van der Waals surface area contributed by atoms with Crippen LogP contribution in [0.3, 0.4) is 0 Å². The molecule has 2 N–H and O–H groups in total. The number of allylic oxidation sites excluding steroid dienone is 2. The van der Waals surface area contributed by atoms with E-state index in [0.29, 0.717) is 12.0 Å². The highest BCUT2D eigenvalue weighted by atomic mass is 32.2. The van der Waals surface area contributed by atoms with Crippen molar-refractivity contribution in [1.29, 1.82) is 0 Å². The maximum Gasteiger partial charge on any atom is 0.241 e. The van der Waals surface area contributed by atoms with E-state index >= 15 is 0 Å². The third-order valence-electron chi connectivity index (χ3n) is 5.01. The second kappa shape index (κ2) is 6.32. The van der Waals surface area contributed by atoms with Crippen molar-refractivity contribution in [3.05, 3.63) is 34.9 Å². The summed E-state index contributed by atoms with van der Waals surface area (Å²) in [5, 5.41) is 4.93. The Labute approximate surface area is 135 Å². The molecule has 2 aliphatic carbocycles. The number of benzene rings is 1. The predicted octanol–water partition coefficient (Wildman–Crippen LogP) is 4.13. The average molecular weight is 341 g/mol. The number of rotatable bonds is 3. The number of halogens is 2. The van der Waals surface area contributed by atoms with Crippen molar-refractivity contribution < 1.29 is 17.2 Å². The standard InChI is InChI=1S/C17H21F2NO2S/c18-15-10-17(23(20,21)22)16(19)9-14(15)13-8-4-7-12(13)11-5-2-1-3-6-11/h9-11H,1-8H2,(H2,20,21,22). The van der Waals surface area contributed by atoms with Crippen molar-refractivity contribution >= 4 is 15.6 Å². The highest BCUT2D eigenvalue weighted by Crippen LogP contribution is 2.43. The lowest BCUT2D eigenvalue weighted by Gasteiger charge is -2.24. The fraction of sp³-hybridized carbons (Fsp3) is 0.529. The molecule has 0 heterocycles. The van der Waals surface area contributed by atoms with Gasteiger partial charge in [-0.25, -0.2) is 22.3 Å². The first-order chi connectivity index (χ1) is 10.9. The Hall–Kier alpha value is -1.27. The van der Waals surface area contributed by atoms with Crippen LogP contribution < -0.4 is 5.14 Å². The lowest BCUT2D eigenvalue weighted by molar-refractivity contribution is 0.398. The lowest BCUT2D eigenvalue weighted by Crippen LogP contribution is -2.15. The molecule has 1 fully saturated rings. The third-order valence-corrected chi connectivity index (χ3v) is 5.94. The topological polar surface area (TPSA) is 60.2 Å². The van der Waals surface area contributed by atoms with Crippen LogP contribution in [-0.2, 0) is 10.0 Å². The molecule has 23 heavy (non-hydrogen) atoms. The van der Waals surface area contributed by atoms with Gasteiger partial charge in [-0.15, -0.1) is 0 Å². The quantitative estimate of drug-likeness (QED) is 0.898. The van der Waals surface area contributed by atoms with Crippen LogP contribution in [0.1, 0.15) is 56.9 Å². The van der Waals surface area contributed by atoms with E-state index in [1.807, 2.05) is 0 Å². The molecule has 0 saturated heterocycles. The molecule has 0 unspecified atom stereocenters. The van der Waals surface area contributed by atoms with Crippen LogP contribution in [0.15, 0.2) is 22.6 Å². The highest BCUT2D eigenvalue weighted by Gasteiger charge is 2.28. The molecule has 126 valence electrons. The van der Waals surface area contributed by atoms with Crippen molar-refractivity contribution in [3.63, 3.8) is 0 Å². The summed E-state index contributed by atoms with van der Waals surface area (Å²) < 4.78 is 51.2. The molecule has 6 heteroatoms. The zero-order valence-electron chi connectivity index (χ0n) is 12.9. The molecular formula is C17H21F2NO2S. The minimum absolute atomic E-state index is 0.202. The van der Waals surface area contributed by atoms with Gasteiger partial charge < -0.3 is 0 Å². The molecule has 0 bridgehead atoms. The summed E-state index contributed by atoms with van der Waals surface area (Å²) >= 11 is 0. The van der Waals surface area contributed by atoms with Crippen molar-refractivity contribution in [2.45, 2.75) is 56.3 Å². The van der Waals surface area contributed by atoms with Gasteiger partial charge >= 0.3 is 0 Å². The maximum absolute atomic E-state index is 14.4. The smallest absolute Gasteiger partial charge is 0.225 e. The summed E-state index contributed by atoms with van der Waals surface area (Å²) in [6, 6.07) is 1.71. The molecule has 0 amide bonds. The molecule has 1 aromatic carbocycles. The van der Waals surface area contributed by atoms with E-state index in [1.165, 1.54) is 24.8 Å². The molecule has 3 nitrogen and oxygen atoms in total.